The van der Waals surface area contributed by atoms with Crippen LogP contribution < -0.4 is 10.1 Å². The molecule has 204 valence electrons. The molecule has 0 saturated heterocycles. The molecule has 5 nitrogen and oxygen atoms in total. The van der Waals surface area contributed by atoms with Gasteiger partial charge in [-0.15, -0.1) is 0 Å². The maximum Gasteiger partial charge on any atom is 0.313 e. The van der Waals surface area contributed by atoms with E-state index in [4.69, 9.17) is 32.7 Å². The first-order valence-electron chi connectivity index (χ1n) is 13.5. The number of hydrogen-bond donors (Lipinski definition) is 2. The maximum absolute atomic E-state index is 12.1. The summed E-state index contributed by atoms with van der Waals surface area (Å²) in [6.45, 7) is 10.4. The van der Waals surface area contributed by atoms with Crippen molar-refractivity contribution in [1.82, 2.24) is 5.32 Å². The first-order chi connectivity index (χ1) is 17.6. The van der Waals surface area contributed by atoms with E-state index in [9.17, 15) is 9.90 Å². The molecule has 0 aromatic heterocycles. The molecule has 0 saturated carbocycles. The van der Waals surface area contributed by atoms with Crippen molar-refractivity contribution in [1.29, 1.82) is 0 Å². The molecule has 0 spiro atoms. The molecular weight excluding hydrogens is 509 g/mol. The first kappa shape index (κ1) is 29.8. The molecule has 7 heteroatoms. The molecular formula is C30H41Cl2NO4. The number of esters is 1. The largest absolute Gasteiger partial charge is 0.486 e. The Balaban J connectivity index is 1.60. The Morgan fingerprint density at radius 2 is 1.68 bits per heavy atom. The van der Waals surface area contributed by atoms with Gasteiger partial charge in [0.1, 0.15) is 23.0 Å². The number of hydrogen-bond acceptors (Lipinski definition) is 5. The highest BCUT2D eigenvalue weighted by Crippen LogP contribution is 2.39. The third-order valence-corrected chi connectivity index (χ3v) is 8.77. The van der Waals surface area contributed by atoms with Crippen LogP contribution in [0.2, 0.25) is 10.0 Å². The van der Waals surface area contributed by atoms with Crippen molar-refractivity contribution in [3.05, 3.63) is 63.1 Å². The van der Waals surface area contributed by atoms with Crippen molar-refractivity contribution in [2.24, 2.45) is 5.92 Å². The normalized spacial score (nSPS) is 16.2. The summed E-state index contributed by atoms with van der Waals surface area (Å²) < 4.78 is 11.1. The number of nitrogens with one attached hydrogen (secondary N) is 1. The van der Waals surface area contributed by atoms with Crippen LogP contribution in [0.1, 0.15) is 76.5 Å². The monoisotopic (exact) mass is 549 g/mol. The lowest BCUT2D eigenvalue weighted by Gasteiger charge is -2.37. The van der Waals surface area contributed by atoms with Crippen molar-refractivity contribution in [3.63, 3.8) is 0 Å². The average molecular weight is 551 g/mol. The first-order valence-corrected chi connectivity index (χ1v) is 14.2. The van der Waals surface area contributed by atoms with E-state index in [2.05, 4.69) is 43.4 Å². The Labute approximate surface area is 231 Å². The molecule has 1 aliphatic rings. The van der Waals surface area contributed by atoms with Gasteiger partial charge in [0.05, 0.1) is 17.5 Å². The predicted octanol–water partition coefficient (Wildman–Crippen LogP) is 6.74. The van der Waals surface area contributed by atoms with Crippen LogP contribution >= 0.6 is 23.2 Å². The van der Waals surface area contributed by atoms with Gasteiger partial charge in [0.25, 0.3) is 0 Å². The molecule has 1 unspecified atom stereocenters. The Bertz CT molecular complexity index is 1030. The smallest absolute Gasteiger partial charge is 0.313 e. The molecule has 3 atom stereocenters. The molecule has 0 aliphatic heterocycles. The van der Waals surface area contributed by atoms with Gasteiger partial charge in [-0.05, 0) is 81.5 Å². The van der Waals surface area contributed by atoms with Crippen LogP contribution in [0.15, 0.2) is 36.4 Å². The molecule has 1 aliphatic carbocycles. The summed E-state index contributed by atoms with van der Waals surface area (Å²) in [5, 5.41) is 15.1. The standard InChI is InChI=1S/C30H41Cl2NO4/c1-6-30(7-2,17-21-15-22-11-9-10-12-23(22)16-21)33-18-25(34)20(5)37-26-14-13-24(27(31)28(26)32)19(4)29(35)36-8-3/h9-14,19-21,25,33-34H,6-8,15-18H2,1-5H3/t19?,20-,25-/m0/s1. The van der Waals surface area contributed by atoms with E-state index in [-0.39, 0.29) is 21.6 Å². The number of halogens is 2. The summed E-state index contributed by atoms with van der Waals surface area (Å²) in [7, 11) is 0. The van der Waals surface area contributed by atoms with Gasteiger partial charge < -0.3 is 19.9 Å². The zero-order valence-corrected chi connectivity index (χ0v) is 24.2. The number of ether oxygens (including phenoxy) is 2. The second-order valence-corrected chi connectivity index (χ2v) is 11.0. The molecule has 0 bridgehead atoms. The summed E-state index contributed by atoms with van der Waals surface area (Å²) in [4.78, 5) is 12.1. The number of β-amino-alcohol motifs (C(OH)–C–C–N with tert-alkyl or cyclic N) is 1. The molecule has 2 aromatic rings. The number of carbonyl (C=O) groups excluding carboxylic acids is 1. The minimum Gasteiger partial charge on any atom is -0.486 e. The van der Waals surface area contributed by atoms with Gasteiger partial charge in [0, 0.05) is 12.1 Å². The molecule has 3 rings (SSSR count). The summed E-state index contributed by atoms with van der Waals surface area (Å²) in [5.41, 5.74) is 3.47. The van der Waals surface area contributed by atoms with E-state index >= 15 is 0 Å². The van der Waals surface area contributed by atoms with Crippen molar-refractivity contribution in [2.45, 2.75) is 90.4 Å². The summed E-state index contributed by atoms with van der Waals surface area (Å²) in [6, 6.07) is 12.1. The van der Waals surface area contributed by atoms with Crippen LogP contribution in [-0.4, -0.2) is 42.0 Å². The molecule has 0 amide bonds. The van der Waals surface area contributed by atoms with Gasteiger partial charge in [0.15, 0.2) is 0 Å². The van der Waals surface area contributed by atoms with Crippen molar-refractivity contribution >= 4 is 29.2 Å². The number of rotatable bonds is 13. The fourth-order valence-corrected chi connectivity index (χ4v) is 5.88. The number of aliphatic hydroxyl groups excluding tert-OH is 1. The van der Waals surface area contributed by atoms with Crippen LogP contribution in [0.5, 0.6) is 5.75 Å². The Hall–Kier alpha value is -1.79. The number of carbonyl (C=O) groups is 1. The van der Waals surface area contributed by atoms with Gasteiger partial charge >= 0.3 is 5.97 Å². The lowest BCUT2D eigenvalue weighted by atomic mass is 9.81. The SMILES string of the molecule is CCOC(=O)C(C)c1ccc(O[C@@H](C)[C@@H](O)CNC(CC)(CC)CC2Cc3ccccc3C2)c(Cl)c1Cl. The van der Waals surface area contributed by atoms with Crippen LogP contribution in [-0.2, 0) is 22.4 Å². The summed E-state index contributed by atoms with van der Waals surface area (Å²) in [5.74, 6) is 0.0713. The van der Waals surface area contributed by atoms with Crippen LogP contribution in [0.3, 0.4) is 0 Å². The zero-order valence-electron chi connectivity index (χ0n) is 22.7. The van der Waals surface area contributed by atoms with Gasteiger partial charge in [-0.25, -0.2) is 0 Å². The lowest BCUT2D eigenvalue weighted by Crippen LogP contribution is -2.51. The molecule has 0 radical (unpaired) electrons. The van der Waals surface area contributed by atoms with Crippen LogP contribution in [0, 0.1) is 5.92 Å². The number of aliphatic hydroxyl groups is 1. The van der Waals surface area contributed by atoms with E-state index in [1.165, 1.54) is 11.1 Å². The zero-order chi connectivity index (χ0) is 27.2. The molecule has 37 heavy (non-hydrogen) atoms. The lowest BCUT2D eigenvalue weighted by molar-refractivity contribution is -0.144. The van der Waals surface area contributed by atoms with E-state index in [0.717, 1.165) is 32.1 Å². The highest BCUT2D eigenvalue weighted by molar-refractivity contribution is 6.43. The molecule has 0 heterocycles. The summed E-state index contributed by atoms with van der Waals surface area (Å²) in [6.07, 6.45) is 4.01. The highest BCUT2D eigenvalue weighted by Gasteiger charge is 2.33. The van der Waals surface area contributed by atoms with Gasteiger partial charge in [0.2, 0.25) is 0 Å². The van der Waals surface area contributed by atoms with Crippen molar-refractivity contribution < 1.29 is 19.4 Å². The van der Waals surface area contributed by atoms with Gasteiger partial charge in [-0.1, -0.05) is 67.4 Å². The van der Waals surface area contributed by atoms with Gasteiger partial charge in [-0.2, -0.15) is 0 Å². The number of fused-ring (bicyclic) bond motifs is 1. The molecule has 2 aromatic carbocycles. The van der Waals surface area contributed by atoms with Crippen LogP contribution in [0.25, 0.3) is 0 Å². The maximum atomic E-state index is 12.1. The second-order valence-electron chi connectivity index (χ2n) is 10.3. The van der Waals surface area contributed by atoms with E-state index < -0.39 is 18.1 Å². The van der Waals surface area contributed by atoms with E-state index in [1.807, 2.05) is 6.92 Å². The predicted molar refractivity (Wildman–Crippen MR) is 151 cm³/mol. The van der Waals surface area contributed by atoms with E-state index in [0.29, 0.717) is 30.4 Å². The number of benzene rings is 2. The van der Waals surface area contributed by atoms with Crippen LogP contribution in [0.4, 0.5) is 0 Å². The van der Waals surface area contributed by atoms with E-state index in [1.54, 1.807) is 26.0 Å². The molecule has 2 N–H and O–H groups in total. The minimum absolute atomic E-state index is 0.0424. The Morgan fingerprint density at radius 3 is 2.24 bits per heavy atom. The fourth-order valence-electron chi connectivity index (χ4n) is 5.34. The Kier molecular flexibility index (Phi) is 10.7. The Morgan fingerprint density at radius 1 is 1.05 bits per heavy atom. The molecule has 0 fully saturated rings. The van der Waals surface area contributed by atoms with Crippen molar-refractivity contribution in [2.75, 3.05) is 13.2 Å². The summed E-state index contributed by atoms with van der Waals surface area (Å²) >= 11 is 13.0. The topological polar surface area (TPSA) is 67.8 Å². The average Bonchev–Trinajstić information content (AvgIpc) is 3.31. The third-order valence-electron chi connectivity index (χ3n) is 7.89. The third kappa shape index (κ3) is 7.20. The quantitative estimate of drug-likeness (QED) is 0.271. The second kappa shape index (κ2) is 13.3. The minimum atomic E-state index is -0.744. The fraction of sp³-hybridized carbons (Fsp3) is 0.567. The van der Waals surface area contributed by atoms with Gasteiger partial charge in [-0.3, -0.25) is 4.79 Å². The highest BCUT2D eigenvalue weighted by atomic mass is 35.5. The van der Waals surface area contributed by atoms with Crippen molar-refractivity contribution in [3.8, 4) is 5.75 Å².